The van der Waals surface area contributed by atoms with Gasteiger partial charge >= 0.3 is 0 Å². The molecule has 0 atom stereocenters. The number of benzene rings is 12. The van der Waals surface area contributed by atoms with Gasteiger partial charge in [-0.05, 0) is 100.0 Å². The zero-order chi connectivity index (χ0) is 70.0. The minimum absolute atomic E-state index is 0.685. The largest absolute Gasteiger partial charge is 0.294 e. The van der Waals surface area contributed by atoms with E-state index < -0.39 is 0 Å². The topological polar surface area (TPSA) is 123 Å². The van der Waals surface area contributed by atoms with Gasteiger partial charge in [0.1, 0.15) is 29.1 Å². The van der Waals surface area contributed by atoms with Crippen molar-refractivity contribution >= 4 is 87.2 Å². The van der Waals surface area contributed by atoms with Gasteiger partial charge in [-0.1, -0.05) is 267 Å². The Kier molecular flexibility index (Phi) is 16.9. The first-order valence-corrected chi connectivity index (χ1v) is 34.8. The molecule has 0 fully saturated rings. The van der Waals surface area contributed by atoms with Crippen LogP contribution in [-0.2, 0) is 0 Å². The highest BCUT2D eigenvalue weighted by Crippen LogP contribution is 2.38. The molecule has 20 aromatic rings. The van der Waals surface area contributed by atoms with Crippen molar-refractivity contribution in [3.63, 3.8) is 0 Å². The van der Waals surface area contributed by atoms with Gasteiger partial charge in [0, 0.05) is 77.1 Å². The molecule has 0 radical (unpaired) electrons. The van der Waals surface area contributed by atoms with Crippen LogP contribution in [0.5, 0.6) is 0 Å². The fraction of sp³-hybridized carbons (Fsp3) is 0.0435. The van der Waals surface area contributed by atoms with E-state index in [1.54, 1.807) is 0 Å². The van der Waals surface area contributed by atoms with Crippen LogP contribution in [0.3, 0.4) is 0 Å². The lowest BCUT2D eigenvalue weighted by Crippen LogP contribution is -2.07. The fourth-order valence-electron chi connectivity index (χ4n) is 14.3. The molecule has 12 nitrogen and oxygen atoms in total. The van der Waals surface area contributed by atoms with E-state index in [2.05, 4.69) is 287 Å². The van der Waals surface area contributed by atoms with E-state index in [-0.39, 0.29) is 0 Å². The van der Waals surface area contributed by atoms with Crippen molar-refractivity contribution in [1.82, 2.24) is 58.1 Å². The number of aryl methyl sites for hydroxylation is 4. The van der Waals surface area contributed by atoms with Gasteiger partial charge < -0.3 is 0 Å². The molecule has 8 aromatic heterocycles. The number of fused-ring (bicyclic) bond motifs is 12. The average Bonchev–Trinajstić information content (AvgIpc) is 1.59. The van der Waals surface area contributed by atoms with Gasteiger partial charge in [0.15, 0.2) is 11.6 Å². The Morgan fingerprint density at radius 1 is 0.202 bits per heavy atom. The number of para-hydroxylation sites is 8. The number of pyridine rings is 1. The quantitative estimate of drug-likeness (QED) is 0.147. The summed E-state index contributed by atoms with van der Waals surface area (Å²) in [5, 5.41) is 9.84. The Morgan fingerprint density at radius 2 is 0.462 bits per heavy atom. The first-order valence-electron chi connectivity index (χ1n) is 34.8. The molecule has 0 aliphatic carbocycles. The summed E-state index contributed by atoms with van der Waals surface area (Å²) in [7, 11) is 0. The van der Waals surface area contributed by atoms with E-state index in [0.717, 1.165) is 90.5 Å². The van der Waals surface area contributed by atoms with Crippen LogP contribution >= 0.6 is 0 Å². The summed E-state index contributed by atoms with van der Waals surface area (Å²) in [6.07, 6.45) is 0. The molecule has 12 heteroatoms. The summed E-state index contributed by atoms with van der Waals surface area (Å²) in [6, 6.07) is 117. The molecule has 0 unspecified atom stereocenters. The number of rotatable bonds is 8. The molecule has 104 heavy (non-hydrogen) atoms. The molecule has 0 amide bonds. The van der Waals surface area contributed by atoms with Gasteiger partial charge in [-0.2, -0.15) is 4.98 Å². The number of aromatic nitrogens is 12. The SMILES string of the molecule is Cc1cc(-n2c3ccccc3c3ccccc32)nc(-n2c3ccccc3c3ccccc32)c1.Cc1cc(-n2c3ccccc3c3ccccc32)nc(-n2c3ccccc3c3ccccc32)n1.Cc1nc(-c2ccccc2)cc(-c2ccccc2)n1.Cc1nc(-c2ccccc2)nc(-c2ccccc2)n1. The van der Waals surface area contributed by atoms with Crippen LogP contribution in [0.15, 0.2) is 340 Å². The van der Waals surface area contributed by atoms with E-state index in [1.165, 1.54) is 70.7 Å². The van der Waals surface area contributed by atoms with Crippen molar-refractivity contribution in [2.24, 2.45) is 0 Å². The molecule has 20 rings (SSSR count). The molecule has 0 bridgehead atoms. The summed E-state index contributed by atoms with van der Waals surface area (Å²) < 4.78 is 9.00. The molecule has 0 saturated heterocycles. The molecule has 8 heterocycles. The van der Waals surface area contributed by atoms with E-state index >= 15 is 0 Å². The van der Waals surface area contributed by atoms with Gasteiger partial charge in [0.2, 0.25) is 5.95 Å². The van der Waals surface area contributed by atoms with Crippen molar-refractivity contribution in [2.45, 2.75) is 27.7 Å². The highest BCUT2D eigenvalue weighted by atomic mass is 15.2. The lowest BCUT2D eigenvalue weighted by Gasteiger charge is -2.13. The van der Waals surface area contributed by atoms with E-state index in [1.807, 2.05) is 124 Å². The van der Waals surface area contributed by atoms with Crippen LogP contribution in [0.1, 0.15) is 22.9 Å². The Balaban J connectivity index is 0.000000106. The Bertz CT molecular complexity index is 5550. The van der Waals surface area contributed by atoms with Crippen molar-refractivity contribution in [3.8, 4) is 68.7 Å². The maximum absolute atomic E-state index is 5.24. The van der Waals surface area contributed by atoms with E-state index in [0.29, 0.717) is 17.6 Å². The zero-order valence-electron chi connectivity index (χ0n) is 57.7. The Morgan fingerprint density at radius 3 is 0.779 bits per heavy atom. The first-order chi connectivity index (χ1) is 51.2. The molecule has 496 valence electrons. The highest BCUT2D eigenvalue weighted by Gasteiger charge is 2.21. The van der Waals surface area contributed by atoms with Crippen LogP contribution in [0.2, 0.25) is 0 Å². The molecule has 0 N–H and O–H groups in total. The lowest BCUT2D eigenvalue weighted by atomic mass is 10.1. The Labute approximate surface area is 600 Å². The van der Waals surface area contributed by atoms with Crippen LogP contribution in [-0.4, -0.2) is 58.1 Å². The summed E-state index contributed by atoms with van der Waals surface area (Å²) in [5.74, 6) is 6.38. The molecule has 0 spiro atoms. The smallest absolute Gasteiger partial charge is 0.236 e. The summed E-state index contributed by atoms with van der Waals surface area (Å²) in [5.41, 5.74) is 17.5. The number of nitrogens with zero attached hydrogens (tertiary/aromatic N) is 12. The van der Waals surface area contributed by atoms with Crippen LogP contribution in [0.25, 0.3) is 156 Å². The normalized spacial score (nSPS) is 11.3. The maximum atomic E-state index is 5.24. The standard InChI is InChI=1S/C30H21N3.C29H20N4.C17H14N2.C16H13N3/c1-20-18-29(32-25-14-6-2-10-21(25)22-11-3-7-15-26(22)32)31-30(19-20)33-27-16-8-4-12-23(27)24-13-5-9-17-28(24)33;1-19-18-28(32-24-14-6-2-10-20(24)21-11-3-7-15-25(21)32)31-29(30-19)33-26-16-8-4-12-22(26)23-13-5-9-17-27(23)33;1-13-18-16(14-8-4-2-5-9-14)12-17(19-13)15-10-6-3-7-11-15;1-12-17-15(13-8-4-2-5-9-13)19-16(18-12)14-10-6-3-7-11-14/h2-19H,1H3;2-18H,1H3;2-12H,1H3;2-11H,1H3. The van der Waals surface area contributed by atoms with Gasteiger partial charge in [-0.25, -0.2) is 34.9 Å². The molecular weight excluding hydrogens is 1270 g/mol. The lowest BCUT2D eigenvalue weighted by molar-refractivity contribution is 0.928. The maximum Gasteiger partial charge on any atom is 0.236 e. The predicted octanol–water partition coefficient (Wildman–Crippen LogP) is 22.2. The zero-order valence-corrected chi connectivity index (χ0v) is 57.7. The minimum atomic E-state index is 0.685. The van der Waals surface area contributed by atoms with Gasteiger partial charge in [-0.3, -0.25) is 18.3 Å². The van der Waals surface area contributed by atoms with Crippen LogP contribution in [0, 0.1) is 27.7 Å². The summed E-state index contributed by atoms with van der Waals surface area (Å²) in [4.78, 5) is 37.7. The third kappa shape index (κ3) is 12.2. The minimum Gasteiger partial charge on any atom is -0.294 e. The van der Waals surface area contributed by atoms with Crippen LogP contribution in [0.4, 0.5) is 0 Å². The third-order valence-electron chi connectivity index (χ3n) is 18.8. The highest BCUT2D eigenvalue weighted by molar-refractivity contribution is 6.12. The predicted molar refractivity (Wildman–Crippen MR) is 426 cm³/mol. The van der Waals surface area contributed by atoms with Crippen LogP contribution < -0.4 is 0 Å². The third-order valence-corrected chi connectivity index (χ3v) is 18.8. The van der Waals surface area contributed by atoms with Gasteiger partial charge in [-0.15, -0.1) is 0 Å². The number of hydrogen-bond donors (Lipinski definition) is 0. The molecule has 0 aliphatic heterocycles. The molecular formula is C92H68N12. The monoisotopic (exact) mass is 1340 g/mol. The second kappa shape index (κ2) is 27.7. The Hall–Kier alpha value is -13.8. The molecule has 0 saturated carbocycles. The fourth-order valence-corrected chi connectivity index (χ4v) is 14.3. The molecule has 0 aliphatic rings. The van der Waals surface area contributed by atoms with Gasteiger partial charge in [0.25, 0.3) is 0 Å². The number of hydrogen-bond acceptors (Lipinski definition) is 8. The second-order valence-electron chi connectivity index (χ2n) is 25.7. The van der Waals surface area contributed by atoms with Crippen molar-refractivity contribution < 1.29 is 0 Å². The first kappa shape index (κ1) is 63.6. The van der Waals surface area contributed by atoms with Crippen molar-refractivity contribution in [3.05, 3.63) is 363 Å². The van der Waals surface area contributed by atoms with Crippen molar-refractivity contribution in [2.75, 3.05) is 0 Å². The second-order valence-corrected chi connectivity index (χ2v) is 25.7. The molecule has 12 aromatic carbocycles. The van der Waals surface area contributed by atoms with Gasteiger partial charge in [0.05, 0.1) is 55.5 Å². The van der Waals surface area contributed by atoms with Crippen molar-refractivity contribution in [1.29, 1.82) is 0 Å². The summed E-state index contributed by atoms with van der Waals surface area (Å²) >= 11 is 0. The van der Waals surface area contributed by atoms with E-state index in [4.69, 9.17) is 15.0 Å². The summed E-state index contributed by atoms with van der Waals surface area (Å²) in [6.45, 7) is 8.01. The van der Waals surface area contributed by atoms with E-state index in [9.17, 15) is 0 Å². The average molecular weight is 1340 g/mol.